The standard InChI is InChI=1S/2C4H3ClN2/c5-4-3-6-1-2-7-4;5-4-6-2-1-3-7-4/h2*1-3H. The Bertz CT molecular complexity index is 317. The van der Waals surface area contributed by atoms with E-state index in [2.05, 4.69) is 19.9 Å². The van der Waals surface area contributed by atoms with Crippen LogP contribution in [-0.2, 0) is 0 Å². The topological polar surface area (TPSA) is 51.6 Å². The Balaban J connectivity index is 0.000000140. The lowest BCUT2D eigenvalue weighted by Crippen LogP contribution is -1.73. The number of nitrogens with zero attached hydrogens (tertiary/aromatic N) is 4. The van der Waals surface area contributed by atoms with Crippen molar-refractivity contribution in [1.82, 2.24) is 19.9 Å². The van der Waals surface area contributed by atoms with E-state index in [1.54, 1.807) is 30.9 Å². The van der Waals surface area contributed by atoms with Gasteiger partial charge in [-0.2, -0.15) is 0 Å². The van der Waals surface area contributed by atoms with Crippen molar-refractivity contribution in [2.75, 3.05) is 0 Å². The van der Waals surface area contributed by atoms with E-state index in [1.165, 1.54) is 6.20 Å². The normalized spacial score (nSPS) is 8.71. The molecule has 0 aliphatic carbocycles. The minimum absolute atomic E-state index is 0.294. The summed E-state index contributed by atoms with van der Waals surface area (Å²) >= 11 is 10.7. The average Bonchev–Trinajstić information content (AvgIpc) is 2.21. The second-order valence-electron chi connectivity index (χ2n) is 2.05. The molecular formula is C8H6Cl2N4. The first kappa shape index (κ1) is 10.8. The molecule has 72 valence electrons. The highest BCUT2D eigenvalue weighted by molar-refractivity contribution is 6.29. The highest BCUT2D eigenvalue weighted by Crippen LogP contribution is 1.95. The third-order valence-electron chi connectivity index (χ3n) is 1.07. The fourth-order valence-electron chi connectivity index (χ4n) is 0.562. The number of halogens is 2. The lowest BCUT2D eigenvalue weighted by Gasteiger charge is -1.79. The number of hydrogen-bond acceptors (Lipinski definition) is 4. The highest BCUT2D eigenvalue weighted by atomic mass is 35.5. The first-order chi connectivity index (χ1) is 6.79. The predicted molar refractivity (Wildman–Crippen MR) is 54.1 cm³/mol. The van der Waals surface area contributed by atoms with Gasteiger partial charge in [-0.05, 0) is 17.7 Å². The van der Waals surface area contributed by atoms with Crippen molar-refractivity contribution in [3.63, 3.8) is 0 Å². The molecule has 0 fully saturated rings. The molecule has 6 heteroatoms. The molecule has 2 rings (SSSR count). The first-order valence-corrected chi connectivity index (χ1v) is 4.38. The van der Waals surface area contributed by atoms with Crippen LogP contribution in [0.1, 0.15) is 0 Å². The highest BCUT2D eigenvalue weighted by Gasteiger charge is 1.78. The zero-order chi connectivity index (χ0) is 10.2. The molecule has 2 aromatic heterocycles. The molecule has 0 aromatic carbocycles. The Morgan fingerprint density at radius 1 is 0.857 bits per heavy atom. The van der Waals surface area contributed by atoms with Crippen LogP contribution in [0.4, 0.5) is 0 Å². The van der Waals surface area contributed by atoms with E-state index in [4.69, 9.17) is 23.2 Å². The number of aromatic nitrogens is 4. The van der Waals surface area contributed by atoms with Crippen LogP contribution in [0.3, 0.4) is 0 Å². The zero-order valence-corrected chi connectivity index (χ0v) is 8.52. The summed E-state index contributed by atoms with van der Waals surface area (Å²) in [7, 11) is 0. The van der Waals surface area contributed by atoms with E-state index >= 15 is 0 Å². The maximum absolute atomic E-state index is 5.37. The average molecular weight is 229 g/mol. The second kappa shape index (κ2) is 6.23. The van der Waals surface area contributed by atoms with Gasteiger partial charge in [-0.15, -0.1) is 0 Å². The summed E-state index contributed by atoms with van der Waals surface area (Å²) < 4.78 is 0. The number of hydrogen-bond donors (Lipinski definition) is 0. The van der Waals surface area contributed by atoms with E-state index < -0.39 is 0 Å². The fraction of sp³-hybridized carbons (Fsp3) is 0. The summed E-state index contributed by atoms with van der Waals surface area (Å²) in [5.41, 5.74) is 0. The Labute approximate surface area is 91.0 Å². The second-order valence-corrected chi connectivity index (χ2v) is 2.77. The Hall–Kier alpha value is -1.26. The molecule has 0 aliphatic heterocycles. The van der Waals surface area contributed by atoms with Gasteiger partial charge in [0.05, 0.1) is 6.20 Å². The van der Waals surface area contributed by atoms with E-state index in [0.717, 1.165) is 0 Å². The van der Waals surface area contributed by atoms with Gasteiger partial charge in [0.1, 0.15) is 5.15 Å². The molecule has 4 nitrogen and oxygen atoms in total. The smallest absolute Gasteiger partial charge is 0.222 e. The van der Waals surface area contributed by atoms with E-state index in [1.807, 2.05) is 0 Å². The van der Waals surface area contributed by atoms with Crippen molar-refractivity contribution in [2.24, 2.45) is 0 Å². The largest absolute Gasteiger partial charge is 0.260 e. The lowest BCUT2D eigenvalue weighted by molar-refractivity contribution is 1.17. The van der Waals surface area contributed by atoms with Crippen molar-refractivity contribution < 1.29 is 0 Å². The molecule has 0 saturated carbocycles. The summed E-state index contributed by atoms with van der Waals surface area (Å²) in [6, 6.07) is 1.71. The van der Waals surface area contributed by atoms with Gasteiger partial charge in [-0.3, -0.25) is 4.98 Å². The SMILES string of the molecule is Clc1cnccn1.Clc1ncccn1. The molecule has 0 saturated heterocycles. The van der Waals surface area contributed by atoms with E-state index in [0.29, 0.717) is 10.4 Å². The van der Waals surface area contributed by atoms with Gasteiger partial charge in [0.2, 0.25) is 5.28 Å². The molecule has 0 atom stereocenters. The summed E-state index contributed by atoms with van der Waals surface area (Å²) in [4.78, 5) is 14.6. The van der Waals surface area contributed by atoms with Gasteiger partial charge >= 0.3 is 0 Å². The van der Waals surface area contributed by atoms with Gasteiger partial charge < -0.3 is 0 Å². The molecule has 0 unspecified atom stereocenters. The lowest BCUT2D eigenvalue weighted by atomic mass is 10.7. The van der Waals surface area contributed by atoms with Crippen molar-refractivity contribution in [2.45, 2.75) is 0 Å². The molecule has 2 heterocycles. The third kappa shape index (κ3) is 4.69. The summed E-state index contributed by atoms with van der Waals surface area (Å²) in [5, 5.41) is 0.727. The van der Waals surface area contributed by atoms with Crippen LogP contribution in [0.15, 0.2) is 37.1 Å². The molecule has 0 spiro atoms. The molecule has 0 radical (unpaired) electrons. The summed E-state index contributed by atoms with van der Waals surface area (Å²) in [6.07, 6.45) is 7.79. The van der Waals surface area contributed by atoms with Crippen LogP contribution in [-0.4, -0.2) is 19.9 Å². The Morgan fingerprint density at radius 3 is 1.86 bits per heavy atom. The predicted octanol–water partition coefficient (Wildman–Crippen LogP) is 2.26. The van der Waals surface area contributed by atoms with Crippen molar-refractivity contribution >= 4 is 23.2 Å². The molecule has 0 bridgehead atoms. The summed E-state index contributed by atoms with van der Waals surface area (Å²) in [5.74, 6) is 0. The minimum Gasteiger partial charge on any atom is -0.260 e. The van der Waals surface area contributed by atoms with Crippen molar-refractivity contribution in [1.29, 1.82) is 0 Å². The van der Waals surface area contributed by atoms with Gasteiger partial charge in [0, 0.05) is 24.8 Å². The quantitative estimate of drug-likeness (QED) is 0.650. The maximum atomic E-state index is 5.37. The minimum atomic E-state index is 0.294. The zero-order valence-electron chi connectivity index (χ0n) is 7.01. The molecule has 14 heavy (non-hydrogen) atoms. The fourth-order valence-corrected chi connectivity index (χ4v) is 0.787. The van der Waals surface area contributed by atoms with Gasteiger partial charge in [-0.1, -0.05) is 11.6 Å². The van der Waals surface area contributed by atoms with Crippen LogP contribution in [0.2, 0.25) is 10.4 Å². The van der Waals surface area contributed by atoms with Crippen LogP contribution in [0.5, 0.6) is 0 Å². The Morgan fingerprint density at radius 2 is 1.57 bits per heavy atom. The third-order valence-corrected chi connectivity index (χ3v) is 1.46. The van der Waals surface area contributed by atoms with Crippen LogP contribution in [0.25, 0.3) is 0 Å². The Kier molecular flexibility index (Phi) is 4.82. The number of rotatable bonds is 0. The monoisotopic (exact) mass is 228 g/mol. The van der Waals surface area contributed by atoms with Gasteiger partial charge in [0.15, 0.2) is 0 Å². The van der Waals surface area contributed by atoms with E-state index in [-0.39, 0.29) is 0 Å². The van der Waals surface area contributed by atoms with Crippen LogP contribution >= 0.6 is 23.2 Å². The molecular weight excluding hydrogens is 223 g/mol. The maximum Gasteiger partial charge on any atom is 0.222 e. The van der Waals surface area contributed by atoms with Crippen LogP contribution in [0, 0.1) is 0 Å². The van der Waals surface area contributed by atoms with Gasteiger partial charge in [0.25, 0.3) is 0 Å². The van der Waals surface area contributed by atoms with Crippen molar-refractivity contribution in [3.05, 3.63) is 47.5 Å². The van der Waals surface area contributed by atoms with Crippen molar-refractivity contribution in [3.8, 4) is 0 Å². The molecule has 2 aromatic rings. The summed E-state index contributed by atoms with van der Waals surface area (Å²) in [6.45, 7) is 0. The molecule has 0 aliphatic rings. The first-order valence-electron chi connectivity index (χ1n) is 3.63. The molecule has 0 amide bonds. The van der Waals surface area contributed by atoms with Crippen LogP contribution < -0.4 is 0 Å². The van der Waals surface area contributed by atoms with E-state index in [9.17, 15) is 0 Å². The van der Waals surface area contributed by atoms with Gasteiger partial charge in [-0.25, -0.2) is 15.0 Å². The molecule has 0 N–H and O–H groups in total.